The van der Waals surface area contributed by atoms with Crippen molar-refractivity contribution in [1.82, 2.24) is 9.97 Å². The first-order valence-electron chi connectivity index (χ1n) is 5.34. The van der Waals surface area contributed by atoms with Gasteiger partial charge < -0.3 is 10.1 Å². The third-order valence-corrected chi connectivity index (χ3v) is 3.37. The van der Waals surface area contributed by atoms with Gasteiger partial charge in [-0.3, -0.25) is 0 Å². The predicted molar refractivity (Wildman–Crippen MR) is 75.5 cm³/mol. The lowest BCUT2D eigenvalue weighted by Crippen LogP contribution is -2.00. The van der Waals surface area contributed by atoms with E-state index in [2.05, 4.69) is 31.2 Å². The average Bonchev–Trinajstić information content (AvgIpc) is 2.38. The number of aromatic nitrogens is 2. The molecule has 19 heavy (non-hydrogen) atoms. The van der Waals surface area contributed by atoms with Crippen molar-refractivity contribution < 1.29 is 9.13 Å². The Kier molecular flexibility index (Phi) is 4.21. The molecular formula is C12H10BrClFN3O. The Bertz CT molecular complexity index is 624. The van der Waals surface area contributed by atoms with Crippen LogP contribution in [0.25, 0.3) is 0 Å². The minimum absolute atomic E-state index is 0.0227. The van der Waals surface area contributed by atoms with Crippen molar-refractivity contribution >= 4 is 33.3 Å². The summed E-state index contributed by atoms with van der Waals surface area (Å²) in [6.07, 6.45) is 1.37. The molecule has 0 atom stereocenters. The second-order valence-corrected chi connectivity index (χ2v) is 4.96. The first-order valence-corrected chi connectivity index (χ1v) is 6.51. The minimum atomic E-state index is -0.555. The Morgan fingerprint density at radius 2 is 2.11 bits per heavy atom. The zero-order chi connectivity index (χ0) is 14.0. The van der Waals surface area contributed by atoms with Crippen LogP contribution < -0.4 is 10.1 Å². The fourth-order valence-corrected chi connectivity index (χ4v) is 2.20. The third-order valence-electron chi connectivity index (χ3n) is 2.46. The van der Waals surface area contributed by atoms with Crippen molar-refractivity contribution in [2.24, 2.45) is 0 Å². The van der Waals surface area contributed by atoms with Crippen LogP contribution >= 0.6 is 27.5 Å². The lowest BCUT2D eigenvalue weighted by Gasteiger charge is -2.11. The quantitative estimate of drug-likeness (QED) is 0.847. The maximum atomic E-state index is 13.4. The van der Waals surface area contributed by atoms with Crippen LogP contribution in [0.15, 0.2) is 22.9 Å². The van der Waals surface area contributed by atoms with Gasteiger partial charge in [0.15, 0.2) is 0 Å². The highest BCUT2D eigenvalue weighted by atomic mass is 79.9. The molecule has 7 heteroatoms. The number of rotatable bonds is 3. The molecule has 0 fully saturated rings. The van der Waals surface area contributed by atoms with E-state index < -0.39 is 5.82 Å². The van der Waals surface area contributed by atoms with Crippen LogP contribution in [0.4, 0.5) is 10.2 Å². The molecule has 0 saturated heterocycles. The van der Waals surface area contributed by atoms with Gasteiger partial charge in [-0.1, -0.05) is 11.6 Å². The largest absolute Gasteiger partial charge is 0.437 e. The van der Waals surface area contributed by atoms with Gasteiger partial charge >= 0.3 is 0 Å². The number of nitrogens with one attached hydrogen (secondary N) is 1. The Hall–Kier alpha value is -1.40. The molecule has 0 aliphatic rings. The molecule has 0 bridgehead atoms. The van der Waals surface area contributed by atoms with Crippen LogP contribution in [-0.4, -0.2) is 17.0 Å². The fraction of sp³-hybridized carbons (Fsp3) is 0.167. The Balaban J connectivity index is 2.39. The summed E-state index contributed by atoms with van der Waals surface area (Å²) in [5.74, 6) is 0.739. The Morgan fingerprint density at radius 3 is 2.79 bits per heavy atom. The molecule has 0 radical (unpaired) electrons. The molecule has 0 aliphatic heterocycles. The van der Waals surface area contributed by atoms with E-state index in [1.807, 2.05) is 0 Å². The minimum Gasteiger partial charge on any atom is -0.437 e. The maximum Gasteiger partial charge on any atom is 0.227 e. The number of hydrogen-bond donors (Lipinski definition) is 1. The van der Waals surface area contributed by atoms with Crippen molar-refractivity contribution in [3.8, 4) is 11.6 Å². The molecule has 0 amide bonds. The Morgan fingerprint density at radius 1 is 1.37 bits per heavy atom. The van der Waals surface area contributed by atoms with E-state index in [1.165, 1.54) is 18.5 Å². The van der Waals surface area contributed by atoms with Gasteiger partial charge in [-0.05, 0) is 28.9 Å². The topological polar surface area (TPSA) is 47.0 Å². The van der Waals surface area contributed by atoms with Crippen molar-refractivity contribution in [1.29, 1.82) is 0 Å². The molecule has 4 nitrogen and oxygen atoms in total. The highest BCUT2D eigenvalue weighted by Crippen LogP contribution is 2.34. The normalized spacial score (nSPS) is 10.4. The van der Waals surface area contributed by atoms with Gasteiger partial charge in [-0.2, -0.15) is 0 Å². The third kappa shape index (κ3) is 2.96. The van der Waals surface area contributed by atoms with Crippen LogP contribution in [0.3, 0.4) is 0 Å². The highest BCUT2D eigenvalue weighted by molar-refractivity contribution is 9.10. The summed E-state index contributed by atoms with van der Waals surface area (Å²) in [6, 6.07) is 2.63. The summed E-state index contributed by atoms with van der Waals surface area (Å²) in [7, 11) is 1.75. The van der Waals surface area contributed by atoms with Crippen LogP contribution in [0, 0.1) is 12.7 Å². The van der Waals surface area contributed by atoms with E-state index in [0.29, 0.717) is 21.9 Å². The van der Waals surface area contributed by atoms with E-state index in [1.54, 1.807) is 14.0 Å². The molecule has 1 heterocycles. The Labute approximate surface area is 123 Å². The summed E-state index contributed by atoms with van der Waals surface area (Å²) < 4.78 is 19.6. The zero-order valence-electron chi connectivity index (χ0n) is 10.2. The second-order valence-electron chi connectivity index (χ2n) is 3.70. The number of ether oxygens (including phenoxy) is 1. The number of benzene rings is 1. The van der Waals surface area contributed by atoms with E-state index in [0.717, 1.165) is 5.56 Å². The summed E-state index contributed by atoms with van der Waals surface area (Å²) in [4.78, 5) is 8.07. The first kappa shape index (κ1) is 14.0. The SMILES string of the molecule is CNc1ncnc(Oc2cc(F)c(Cl)cc2Br)c1C. The maximum absolute atomic E-state index is 13.4. The van der Waals surface area contributed by atoms with Gasteiger partial charge in [0.05, 0.1) is 15.1 Å². The lowest BCUT2D eigenvalue weighted by molar-refractivity contribution is 0.450. The lowest BCUT2D eigenvalue weighted by atomic mass is 10.3. The second kappa shape index (κ2) is 5.71. The standard InChI is InChI=1S/C12H10BrClFN3O/c1-6-11(16-2)17-5-18-12(6)19-10-4-9(15)8(14)3-7(10)13/h3-5H,1-2H3,(H,16,17,18). The average molecular weight is 347 g/mol. The highest BCUT2D eigenvalue weighted by Gasteiger charge is 2.12. The van der Waals surface area contributed by atoms with Crippen LogP contribution in [0.2, 0.25) is 5.02 Å². The molecule has 100 valence electrons. The van der Waals surface area contributed by atoms with Gasteiger partial charge in [0.25, 0.3) is 0 Å². The molecule has 0 saturated carbocycles. The molecule has 1 aromatic heterocycles. The summed E-state index contributed by atoms with van der Waals surface area (Å²) >= 11 is 8.94. The van der Waals surface area contributed by atoms with Crippen LogP contribution in [-0.2, 0) is 0 Å². The van der Waals surface area contributed by atoms with Gasteiger partial charge in [0, 0.05) is 13.1 Å². The molecule has 0 spiro atoms. The van der Waals surface area contributed by atoms with Gasteiger partial charge in [-0.25, -0.2) is 14.4 Å². The molecule has 1 N–H and O–H groups in total. The molecule has 2 aromatic rings. The van der Waals surface area contributed by atoms with Crippen molar-refractivity contribution in [3.63, 3.8) is 0 Å². The molecule has 0 unspecified atom stereocenters. The van der Waals surface area contributed by atoms with E-state index in [4.69, 9.17) is 16.3 Å². The van der Waals surface area contributed by atoms with Crippen LogP contribution in [0.5, 0.6) is 11.6 Å². The number of hydrogen-bond acceptors (Lipinski definition) is 4. The molecular weight excluding hydrogens is 337 g/mol. The van der Waals surface area contributed by atoms with E-state index in [9.17, 15) is 4.39 Å². The molecule has 2 rings (SSSR count). The zero-order valence-corrected chi connectivity index (χ0v) is 12.5. The number of anilines is 1. The summed E-state index contributed by atoms with van der Waals surface area (Å²) in [6.45, 7) is 1.81. The smallest absolute Gasteiger partial charge is 0.227 e. The monoisotopic (exact) mass is 345 g/mol. The van der Waals surface area contributed by atoms with Crippen molar-refractivity contribution in [2.75, 3.05) is 12.4 Å². The first-order chi connectivity index (χ1) is 9.02. The van der Waals surface area contributed by atoms with Crippen molar-refractivity contribution in [2.45, 2.75) is 6.92 Å². The van der Waals surface area contributed by atoms with Crippen LogP contribution in [0.1, 0.15) is 5.56 Å². The predicted octanol–water partition coefficient (Wildman–Crippen LogP) is 4.17. The van der Waals surface area contributed by atoms with Gasteiger partial charge in [0.2, 0.25) is 5.88 Å². The summed E-state index contributed by atoms with van der Waals surface area (Å²) in [5.41, 5.74) is 0.729. The van der Waals surface area contributed by atoms with E-state index in [-0.39, 0.29) is 5.02 Å². The van der Waals surface area contributed by atoms with E-state index >= 15 is 0 Å². The number of nitrogens with zero attached hydrogens (tertiary/aromatic N) is 2. The van der Waals surface area contributed by atoms with Gasteiger partial charge in [0.1, 0.15) is 23.7 Å². The molecule has 0 aliphatic carbocycles. The van der Waals surface area contributed by atoms with Crippen molar-refractivity contribution in [3.05, 3.63) is 39.3 Å². The fourth-order valence-electron chi connectivity index (χ4n) is 1.48. The summed E-state index contributed by atoms with van der Waals surface area (Å²) in [5, 5.41) is 2.94. The number of halogens is 3. The van der Waals surface area contributed by atoms with Gasteiger partial charge in [-0.15, -0.1) is 0 Å². The molecule has 1 aromatic carbocycles.